The molecule has 1 atom stereocenters. The maximum atomic E-state index is 13.9. The number of benzene rings is 2. The molecule has 2 rings (SSSR count). The van der Waals surface area contributed by atoms with E-state index in [0.29, 0.717) is 18.0 Å². The van der Waals surface area contributed by atoms with E-state index in [-0.39, 0.29) is 11.3 Å². The molecule has 26 heavy (non-hydrogen) atoms. The second-order valence-electron chi connectivity index (χ2n) is 5.34. The van der Waals surface area contributed by atoms with Gasteiger partial charge in [0.15, 0.2) is 6.10 Å². The Labute approximate surface area is 150 Å². The zero-order chi connectivity index (χ0) is 19.1. The highest BCUT2D eigenvalue weighted by molar-refractivity contribution is 5.97. The topological polar surface area (TPSA) is 73.9 Å². The van der Waals surface area contributed by atoms with Crippen LogP contribution in [0.25, 0.3) is 0 Å². The Kier molecular flexibility index (Phi) is 6.54. The lowest BCUT2D eigenvalue weighted by Gasteiger charge is -2.14. The summed E-state index contributed by atoms with van der Waals surface area (Å²) in [5, 5.41) is 2.62. The molecule has 7 heteroatoms. The van der Waals surface area contributed by atoms with E-state index >= 15 is 0 Å². The largest absolute Gasteiger partial charge is 0.497 e. The first-order valence-electron chi connectivity index (χ1n) is 8.02. The minimum atomic E-state index is -1.10. The Bertz CT molecular complexity index is 776. The van der Waals surface area contributed by atoms with Gasteiger partial charge < -0.3 is 19.5 Å². The summed E-state index contributed by atoms with van der Waals surface area (Å²) in [5.74, 6) is -1.29. The van der Waals surface area contributed by atoms with Gasteiger partial charge in [0, 0.05) is 11.8 Å². The predicted molar refractivity (Wildman–Crippen MR) is 94.1 cm³/mol. The van der Waals surface area contributed by atoms with Crippen LogP contribution in [0.4, 0.5) is 10.1 Å². The number of hydrogen-bond donors (Lipinski definition) is 1. The second kappa shape index (κ2) is 8.84. The lowest BCUT2D eigenvalue weighted by atomic mass is 10.2. The smallest absolute Gasteiger partial charge is 0.341 e. The number of anilines is 1. The predicted octanol–water partition coefficient (Wildman–Crippen LogP) is 3.42. The number of methoxy groups -OCH3 is 1. The fourth-order valence-electron chi connectivity index (χ4n) is 2.11. The normalized spacial score (nSPS) is 11.4. The van der Waals surface area contributed by atoms with Crippen LogP contribution in [0.1, 0.15) is 24.2 Å². The Balaban J connectivity index is 1.96. The van der Waals surface area contributed by atoms with Crippen molar-refractivity contribution < 1.29 is 28.2 Å². The highest BCUT2D eigenvalue weighted by Gasteiger charge is 2.21. The molecule has 0 fully saturated rings. The molecule has 0 radical (unpaired) electrons. The number of ether oxygens (including phenoxy) is 3. The average Bonchev–Trinajstić information content (AvgIpc) is 2.63. The van der Waals surface area contributed by atoms with E-state index in [4.69, 9.17) is 14.2 Å². The van der Waals surface area contributed by atoms with Crippen molar-refractivity contribution in [2.24, 2.45) is 0 Å². The highest BCUT2D eigenvalue weighted by atomic mass is 19.1. The zero-order valence-corrected chi connectivity index (χ0v) is 14.7. The number of halogens is 1. The number of amides is 1. The molecule has 0 spiro atoms. The summed E-state index contributed by atoms with van der Waals surface area (Å²) in [6, 6.07) is 10.5. The SMILES string of the molecule is CCOc1ccc(NC(=O)[C@H](C)OC(=O)c2ccc(OC)cc2F)cc1. The fraction of sp³-hybridized carbons (Fsp3) is 0.263. The van der Waals surface area contributed by atoms with Crippen molar-refractivity contribution in [1.29, 1.82) is 0 Å². The lowest BCUT2D eigenvalue weighted by Crippen LogP contribution is -2.30. The van der Waals surface area contributed by atoms with Gasteiger partial charge in [-0.2, -0.15) is 0 Å². The molecule has 0 bridgehead atoms. The van der Waals surface area contributed by atoms with Crippen LogP contribution in [0.15, 0.2) is 42.5 Å². The molecule has 6 nitrogen and oxygen atoms in total. The van der Waals surface area contributed by atoms with E-state index in [2.05, 4.69) is 5.32 Å². The van der Waals surface area contributed by atoms with Crippen LogP contribution in [0, 0.1) is 5.82 Å². The van der Waals surface area contributed by atoms with Gasteiger partial charge in [0.2, 0.25) is 0 Å². The number of esters is 1. The molecule has 0 saturated heterocycles. The van der Waals surface area contributed by atoms with Crippen LogP contribution in [-0.2, 0) is 9.53 Å². The number of carbonyl (C=O) groups is 2. The Morgan fingerprint density at radius 3 is 2.35 bits per heavy atom. The quantitative estimate of drug-likeness (QED) is 0.765. The van der Waals surface area contributed by atoms with Gasteiger partial charge in [-0.3, -0.25) is 4.79 Å². The maximum Gasteiger partial charge on any atom is 0.341 e. The molecule has 1 amide bonds. The Morgan fingerprint density at radius 2 is 1.77 bits per heavy atom. The van der Waals surface area contributed by atoms with Crippen LogP contribution < -0.4 is 14.8 Å². The lowest BCUT2D eigenvalue weighted by molar-refractivity contribution is -0.123. The number of rotatable bonds is 7. The van der Waals surface area contributed by atoms with Crippen molar-refractivity contribution in [2.45, 2.75) is 20.0 Å². The number of hydrogen-bond acceptors (Lipinski definition) is 5. The van der Waals surface area contributed by atoms with Gasteiger partial charge in [0.1, 0.15) is 17.3 Å². The standard InChI is InChI=1S/C19H20FNO5/c1-4-25-14-7-5-13(6-8-14)21-18(22)12(2)26-19(23)16-10-9-15(24-3)11-17(16)20/h5-12H,4H2,1-3H3,(H,21,22)/t12-/m0/s1. The molecule has 0 aliphatic rings. The van der Waals surface area contributed by atoms with Crippen LogP contribution in [0.5, 0.6) is 11.5 Å². The second-order valence-corrected chi connectivity index (χ2v) is 5.34. The van der Waals surface area contributed by atoms with E-state index in [0.717, 1.165) is 6.07 Å². The Morgan fingerprint density at radius 1 is 1.12 bits per heavy atom. The molecule has 0 heterocycles. The molecular weight excluding hydrogens is 341 g/mol. The van der Waals surface area contributed by atoms with Gasteiger partial charge in [-0.1, -0.05) is 0 Å². The first kappa shape index (κ1) is 19.2. The molecule has 2 aromatic rings. The van der Waals surface area contributed by atoms with Gasteiger partial charge in [-0.15, -0.1) is 0 Å². The summed E-state index contributed by atoms with van der Waals surface area (Å²) in [5.41, 5.74) is 0.253. The minimum Gasteiger partial charge on any atom is -0.497 e. The fourth-order valence-corrected chi connectivity index (χ4v) is 2.11. The van der Waals surface area contributed by atoms with E-state index in [1.807, 2.05) is 6.92 Å². The molecule has 0 aromatic heterocycles. The van der Waals surface area contributed by atoms with Crippen molar-refractivity contribution in [3.05, 3.63) is 53.8 Å². The average molecular weight is 361 g/mol. The van der Waals surface area contributed by atoms with E-state index < -0.39 is 23.8 Å². The highest BCUT2D eigenvalue weighted by Crippen LogP contribution is 2.18. The minimum absolute atomic E-state index is 0.272. The van der Waals surface area contributed by atoms with E-state index in [1.54, 1.807) is 24.3 Å². The first-order valence-corrected chi connectivity index (χ1v) is 8.02. The molecule has 0 aliphatic heterocycles. The van der Waals surface area contributed by atoms with Gasteiger partial charge >= 0.3 is 5.97 Å². The zero-order valence-electron chi connectivity index (χ0n) is 14.7. The van der Waals surface area contributed by atoms with Gasteiger partial charge in [-0.25, -0.2) is 9.18 Å². The van der Waals surface area contributed by atoms with Gasteiger partial charge in [-0.05, 0) is 50.2 Å². The van der Waals surface area contributed by atoms with Gasteiger partial charge in [0.25, 0.3) is 5.91 Å². The van der Waals surface area contributed by atoms with Crippen molar-refractivity contribution in [2.75, 3.05) is 19.0 Å². The maximum absolute atomic E-state index is 13.9. The van der Waals surface area contributed by atoms with Crippen LogP contribution in [0.3, 0.4) is 0 Å². The molecule has 2 aromatic carbocycles. The van der Waals surface area contributed by atoms with E-state index in [1.165, 1.54) is 26.2 Å². The van der Waals surface area contributed by atoms with Crippen molar-refractivity contribution in [1.82, 2.24) is 0 Å². The molecule has 0 unspecified atom stereocenters. The molecule has 0 saturated carbocycles. The molecule has 0 aliphatic carbocycles. The molecule has 1 N–H and O–H groups in total. The van der Waals surface area contributed by atoms with E-state index in [9.17, 15) is 14.0 Å². The van der Waals surface area contributed by atoms with Crippen molar-refractivity contribution in [3.63, 3.8) is 0 Å². The number of carbonyl (C=O) groups excluding carboxylic acids is 2. The monoisotopic (exact) mass is 361 g/mol. The third-order valence-electron chi connectivity index (χ3n) is 3.48. The summed E-state index contributed by atoms with van der Waals surface area (Å²) >= 11 is 0. The summed E-state index contributed by atoms with van der Waals surface area (Å²) in [7, 11) is 1.39. The third-order valence-corrected chi connectivity index (χ3v) is 3.48. The van der Waals surface area contributed by atoms with Crippen LogP contribution in [0.2, 0.25) is 0 Å². The van der Waals surface area contributed by atoms with Crippen LogP contribution >= 0.6 is 0 Å². The van der Waals surface area contributed by atoms with Gasteiger partial charge in [0.05, 0.1) is 19.3 Å². The third kappa shape index (κ3) is 4.95. The summed E-state index contributed by atoms with van der Waals surface area (Å²) in [6.45, 7) is 3.82. The van der Waals surface area contributed by atoms with Crippen LogP contribution in [-0.4, -0.2) is 31.7 Å². The summed E-state index contributed by atoms with van der Waals surface area (Å²) in [4.78, 5) is 24.2. The number of nitrogens with one attached hydrogen (secondary N) is 1. The summed E-state index contributed by atoms with van der Waals surface area (Å²) in [6.07, 6.45) is -1.10. The molecular formula is C19H20FNO5. The molecule has 138 valence electrons. The van der Waals surface area contributed by atoms with Crippen molar-refractivity contribution >= 4 is 17.6 Å². The first-order chi connectivity index (χ1) is 12.4. The Hall–Kier alpha value is -3.09. The van der Waals surface area contributed by atoms with Crippen molar-refractivity contribution in [3.8, 4) is 11.5 Å². The summed E-state index contributed by atoms with van der Waals surface area (Å²) < 4.78 is 29.1.